The molecule has 2 heterocycles. The Hall–Kier alpha value is -1.35. The Morgan fingerprint density at radius 2 is 2.22 bits per heavy atom. The molecule has 0 amide bonds. The van der Waals surface area contributed by atoms with Crippen molar-refractivity contribution in [1.29, 1.82) is 0 Å². The average Bonchev–Trinajstić information content (AvgIpc) is 2.98. The molecule has 1 aromatic heterocycles. The molecule has 1 unspecified atom stereocenters. The summed E-state index contributed by atoms with van der Waals surface area (Å²) in [5, 5.41) is 9.72. The number of rotatable bonds is 3. The largest absolute Gasteiger partial charge is 0.311 e. The molecule has 1 fully saturated rings. The van der Waals surface area contributed by atoms with Crippen molar-refractivity contribution < 1.29 is 0 Å². The predicted octanol–water partition coefficient (Wildman–Crippen LogP) is 2.65. The minimum Gasteiger partial charge on any atom is -0.311 e. The lowest BCUT2D eigenvalue weighted by molar-refractivity contribution is 0.356. The van der Waals surface area contributed by atoms with E-state index in [4.69, 9.17) is 5.10 Å². The zero-order valence-electron chi connectivity index (χ0n) is 11.2. The molecule has 3 nitrogen and oxygen atoms in total. The Morgan fingerprint density at radius 3 is 2.94 bits per heavy atom. The van der Waals surface area contributed by atoms with Crippen molar-refractivity contribution in [3.63, 3.8) is 0 Å². The van der Waals surface area contributed by atoms with Crippen LogP contribution in [0.4, 0.5) is 0 Å². The summed E-state index contributed by atoms with van der Waals surface area (Å²) < 4.78 is 2.00. The second-order valence-electron chi connectivity index (χ2n) is 5.43. The lowest BCUT2D eigenvalue weighted by Crippen LogP contribution is -2.41. The monoisotopic (exact) mass is 243 g/mol. The second-order valence-corrected chi connectivity index (χ2v) is 5.43. The molecule has 0 saturated carbocycles. The maximum absolute atomic E-state index is 4.72. The maximum atomic E-state index is 4.72. The minimum absolute atomic E-state index is 0.275. The Bertz CT molecular complexity index is 550. The van der Waals surface area contributed by atoms with E-state index in [1.807, 2.05) is 11.7 Å². The topological polar surface area (TPSA) is 29.9 Å². The Kier molecular flexibility index (Phi) is 2.86. The molecule has 1 saturated heterocycles. The van der Waals surface area contributed by atoms with E-state index in [1.54, 1.807) is 0 Å². The summed E-state index contributed by atoms with van der Waals surface area (Å²) in [6, 6.07) is 8.52. The van der Waals surface area contributed by atoms with Gasteiger partial charge >= 0.3 is 0 Å². The van der Waals surface area contributed by atoms with Crippen LogP contribution in [0.1, 0.15) is 31.9 Å². The average molecular weight is 243 g/mol. The molecule has 0 bridgehead atoms. The Morgan fingerprint density at radius 1 is 1.39 bits per heavy atom. The highest BCUT2D eigenvalue weighted by molar-refractivity contribution is 5.82. The van der Waals surface area contributed by atoms with Crippen LogP contribution in [0.15, 0.2) is 24.3 Å². The number of hydrogen-bond donors (Lipinski definition) is 1. The number of para-hydroxylation sites is 1. The molecule has 1 N–H and O–H groups in total. The van der Waals surface area contributed by atoms with E-state index in [0.717, 1.165) is 13.0 Å². The zero-order chi connectivity index (χ0) is 12.6. The molecule has 1 aromatic carbocycles. The summed E-state index contributed by atoms with van der Waals surface area (Å²) in [5.41, 5.74) is 2.75. The summed E-state index contributed by atoms with van der Waals surface area (Å²) in [6.45, 7) is 3.43. The van der Waals surface area contributed by atoms with Crippen LogP contribution in [-0.4, -0.2) is 21.9 Å². The fourth-order valence-corrected chi connectivity index (χ4v) is 3.19. The third-order valence-electron chi connectivity index (χ3n) is 4.35. The van der Waals surface area contributed by atoms with E-state index in [2.05, 4.69) is 36.5 Å². The van der Waals surface area contributed by atoms with Crippen LogP contribution in [0, 0.1) is 0 Å². The van der Waals surface area contributed by atoms with E-state index in [1.165, 1.54) is 35.9 Å². The maximum Gasteiger partial charge on any atom is 0.0721 e. The van der Waals surface area contributed by atoms with Crippen molar-refractivity contribution in [2.75, 3.05) is 6.54 Å². The van der Waals surface area contributed by atoms with Gasteiger partial charge in [0.25, 0.3) is 0 Å². The first-order chi connectivity index (χ1) is 8.74. The van der Waals surface area contributed by atoms with Crippen LogP contribution in [-0.2, 0) is 13.5 Å². The van der Waals surface area contributed by atoms with Gasteiger partial charge in [-0.25, -0.2) is 0 Å². The normalized spacial score (nSPS) is 23.9. The Balaban J connectivity index is 1.99. The summed E-state index contributed by atoms with van der Waals surface area (Å²) in [5.74, 6) is 0. The molecule has 0 radical (unpaired) electrons. The van der Waals surface area contributed by atoms with E-state index in [-0.39, 0.29) is 5.54 Å². The molecular formula is C15H21N3. The van der Waals surface area contributed by atoms with Crippen molar-refractivity contribution in [3.8, 4) is 0 Å². The number of aryl methyl sites for hydroxylation is 1. The summed E-state index contributed by atoms with van der Waals surface area (Å²) >= 11 is 0. The van der Waals surface area contributed by atoms with Gasteiger partial charge in [-0.15, -0.1) is 0 Å². The minimum atomic E-state index is 0.275. The van der Waals surface area contributed by atoms with Crippen LogP contribution in [0.2, 0.25) is 0 Å². The van der Waals surface area contributed by atoms with Gasteiger partial charge < -0.3 is 5.32 Å². The highest BCUT2D eigenvalue weighted by atomic mass is 15.3. The summed E-state index contributed by atoms with van der Waals surface area (Å²) in [6.07, 6.45) is 4.79. The number of hydrogen-bond acceptors (Lipinski definition) is 2. The van der Waals surface area contributed by atoms with Gasteiger partial charge in [-0.3, -0.25) is 4.68 Å². The van der Waals surface area contributed by atoms with Gasteiger partial charge in [-0.05, 0) is 31.9 Å². The fourth-order valence-electron chi connectivity index (χ4n) is 3.19. The van der Waals surface area contributed by atoms with Crippen LogP contribution in [0.3, 0.4) is 0 Å². The molecule has 18 heavy (non-hydrogen) atoms. The summed E-state index contributed by atoms with van der Waals surface area (Å²) in [4.78, 5) is 0. The lowest BCUT2D eigenvalue weighted by atomic mass is 9.88. The Labute approximate surface area is 108 Å². The summed E-state index contributed by atoms with van der Waals surface area (Å²) in [7, 11) is 2.03. The van der Waals surface area contributed by atoms with Crippen LogP contribution in [0.5, 0.6) is 0 Å². The molecule has 0 spiro atoms. The smallest absolute Gasteiger partial charge is 0.0721 e. The van der Waals surface area contributed by atoms with E-state index >= 15 is 0 Å². The molecule has 1 aliphatic heterocycles. The van der Waals surface area contributed by atoms with Gasteiger partial charge in [0.1, 0.15) is 0 Å². The van der Waals surface area contributed by atoms with Gasteiger partial charge in [0, 0.05) is 24.4 Å². The van der Waals surface area contributed by atoms with E-state index < -0.39 is 0 Å². The SMILES string of the molecule is CCC1(Cc2nn(C)c3ccccc23)CCCN1. The van der Waals surface area contributed by atoms with Gasteiger partial charge in [-0.2, -0.15) is 5.10 Å². The van der Waals surface area contributed by atoms with Gasteiger partial charge in [0.2, 0.25) is 0 Å². The van der Waals surface area contributed by atoms with Crippen LogP contribution >= 0.6 is 0 Å². The van der Waals surface area contributed by atoms with E-state index in [9.17, 15) is 0 Å². The second kappa shape index (κ2) is 4.39. The molecule has 1 atom stereocenters. The van der Waals surface area contributed by atoms with Crippen molar-refractivity contribution in [3.05, 3.63) is 30.0 Å². The molecule has 3 heteroatoms. The number of nitrogens with zero attached hydrogens (tertiary/aromatic N) is 2. The molecular weight excluding hydrogens is 222 g/mol. The standard InChI is InChI=1S/C15H21N3/c1-3-15(9-6-10-16-15)11-13-12-7-4-5-8-14(12)18(2)17-13/h4-5,7-8,16H,3,6,9-11H2,1-2H3. The van der Waals surface area contributed by atoms with Crippen molar-refractivity contribution in [2.24, 2.45) is 7.05 Å². The molecule has 2 aromatic rings. The molecule has 3 rings (SSSR count). The molecule has 96 valence electrons. The van der Waals surface area contributed by atoms with Crippen LogP contribution in [0.25, 0.3) is 10.9 Å². The molecule has 1 aliphatic rings. The molecule has 0 aliphatic carbocycles. The quantitative estimate of drug-likeness (QED) is 0.898. The first-order valence-corrected chi connectivity index (χ1v) is 6.90. The third-order valence-corrected chi connectivity index (χ3v) is 4.35. The predicted molar refractivity (Wildman–Crippen MR) is 74.7 cm³/mol. The van der Waals surface area contributed by atoms with Crippen LogP contribution < -0.4 is 5.32 Å². The van der Waals surface area contributed by atoms with Crippen molar-refractivity contribution in [2.45, 2.75) is 38.1 Å². The number of nitrogens with one attached hydrogen (secondary N) is 1. The lowest BCUT2D eigenvalue weighted by Gasteiger charge is -2.27. The van der Waals surface area contributed by atoms with Gasteiger partial charge in [-0.1, -0.05) is 25.1 Å². The van der Waals surface area contributed by atoms with E-state index in [0.29, 0.717) is 0 Å². The first-order valence-electron chi connectivity index (χ1n) is 6.90. The zero-order valence-corrected chi connectivity index (χ0v) is 11.2. The fraction of sp³-hybridized carbons (Fsp3) is 0.533. The van der Waals surface area contributed by atoms with Gasteiger partial charge in [0.15, 0.2) is 0 Å². The number of benzene rings is 1. The highest BCUT2D eigenvalue weighted by Crippen LogP contribution is 2.29. The third kappa shape index (κ3) is 1.83. The van der Waals surface area contributed by atoms with Gasteiger partial charge in [0.05, 0.1) is 11.2 Å². The number of aromatic nitrogens is 2. The van der Waals surface area contributed by atoms with Crippen molar-refractivity contribution >= 4 is 10.9 Å². The number of fused-ring (bicyclic) bond motifs is 1. The van der Waals surface area contributed by atoms with Crippen molar-refractivity contribution in [1.82, 2.24) is 15.1 Å². The first kappa shape index (κ1) is 11.7. The highest BCUT2D eigenvalue weighted by Gasteiger charge is 2.32.